The Morgan fingerprint density at radius 1 is 1.29 bits per heavy atom. The Kier molecular flexibility index (Phi) is 4.40. The van der Waals surface area contributed by atoms with E-state index in [4.69, 9.17) is 16.0 Å². The SMILES string of the molecule is O=C(c1nc2c(C(F)(F)F)cc(-c3cn[nH]c3)cn2c1Cl)N1CC=C(c2ccco2)C1. The van der Waals surface area contributed by atoms with Gasteiger partial charge in [-0.25, -0.2) is 4.98 Å². The lowest BCUT2D eigenvalue weighted by Crippen LogP contribution is -2.29. The highest BCUT2D eigenvalue weighted by atomic mass is 35.5. The molecular weight excluding hydrogens is 435 g/mol. The molecule has 5 heterocycles. The zero-order chi connectivity index (χ0) is 21.8. The van der Waals surface area contributed by atoms with Crippen molar-refractivity contribution in [1.82, 2.24) is 24.5 Å². The number of hydrogen-bond donors (Lipinski definition) is 1. The monoisotopic (exact) mass is 447 g/mol. The van der Waals surface area contributed by atoms with Gasteiger partial charge in [-0.2, -0.15) is 18.3 Å². The number of hydrogen-bond acceptors (Lipinski definition) is 4. The van der Waals surface area contributed by atoms with Gasteiger partial charge in [-0.15, -0.1) is 0 Å². The number of furan rings is 1. The molecule has 0 saturated heterocycles. The average Bonchev–Trinajstić information content (AvgIpc) is 3.53. The van der Waals surface area contributed by atoms with Crippen LogP contribution >= 0.6 is 11.6 Å². The second-order valence-corrected chi connectivity index (χ2v) is 7.32. The van der Waals surface area contributed by atoms with Crippen LogP contribution in [0.2, 0.25) is 5.15 Å². The number of aromatic amines is 1. The van der Waals surface area contributed by atoms with Crippen LogP contribution in [0.4, 0.5) is 13.2 Å². The van der Waals surface area contributed by atoms with Gasteiger partial charge in [0.25, 0.3) is 5.91 Å². The number of alkyl halides is 3. The van der Waals surface area contributed by atoms with Gasteiger partial charge in [0.2, 0.25) is 0 Å². The number of aromatic nitrogens is 4. The molecule has 0 unspecified atom stereocenters. The highest BCUT2D eigenvalue weighted by Gasteiger charge is 2.37. The van der Waals surface area contributed by atoms with Crippen LogP contribution in [0.25, 0.3) is 22.3 Å². The van der Waals surface area contributed by atoms with E-state index in [0.717, 1.165) is 16.0 Å². The van der Waals surface area contributed by atoms with Crippen LogP contribution in [0.1, 0.15) is 21.8 Å². The second-order valence-electron chi connectivity index (χ2n) is 6.96. The van der Waals surface area contributed by atoms with Gasteiger partial charge < -0.3 is 9.32 Å². The lowest BCUT2D eigenvalue weighted by Gasteiger charge is -2.14. The van der Waals surface area contributed by atoms with Crippen molar-refractivity contribution in [1.29, 1.82) is 0 Å². The zero-order valence-corrected chi connectivity index (χ0v) is 16.4. The van der Waals surface area contributed by atoms with Gasteiger partial charge in [0.05, 0.1) is 18.0 Å². The minimum Gasteiger partial charge on any atom is -0.465 e. The predicted molar refractivity (Wildman–Crippen MR) is 105 cm³/mol. The van der Waals surface area contributed by atoms with E-state index in [1.165, 1.54) is 29.8 Å². The van der Waals surface area contributed by atoms with Gasteiger partial charge in [-0.1, -0.05) is 17.7 Å². The molecule has 0 spiro atoms. The smallest absolute Gasteiger partial charge is 0.420 e. The van der Waals surface area contributed by atoms with Crippen molar-refractivity contribution in [3.63, 3.8) is 0 Å². The van der Waals surface area contributed by atoms with Gasteiger partial charge in [0.1, 0.15) is 10.9 Å². The van der Waals surface area contributed by atoms with Gasteiger partial charge >= 0.3 is 6.18 Å². The fraction of sp³-hybridized carbons (Fsp3) is 0.150. The molecular formula is C20H13ClF3N5O2. The first-order valence-corrected chi connectivity index (χ1v) is 9.51. The summed E-state index contributed by atoms with van der Waals surface area (Å²) in [4.78, 5) is 18.5. The molecule has 0 aromatic carbocycles. The number of H-pyrrole nitrogens is 1. The number of nitrogens with one attached hydrogen (secondary N) is 1. The lowest BCUT2D eigenvalue weighted by atomic mass is 10.1. The highest BCUT2D eigenvalue weighted by molar-refractivity contribution is 6.33. The summed E-state index contributed by atoms with van der Waals surface area (Å²) in [6.07, 6.45) is 2.90. The largest absolute Gasteiger partial charge is 0.465 e. The van der Waals surface area contributed by atoms with Gasteiger partial charge in [0.15, 0.2) is 11.3 Å². The summed E-state index contributed by atoms with van der Waals surface area (Å²) >= 11 is 6.35. The Bertz CT molecular complexity index is 1310. The predicted octanol–water partition coefficient (Wildman–Crippen LogP) is 4.53. The first-order valence-electron chi connectivity index (χ1n) is 9.13. The minimum absolute atomic E-state index is 0.192. The van der Waals surface area contributed by atoms with Crippen molar-refractivity contribution in [2.45, 2.75) is 6.18 Å². The van der Waals surface area contributed by atoms with E-state index in [1.807, 2.05) is 6.08 Å². The summed E-state index contributed by atoms with van der Waals surface area (Å²) in [5.74, 6) is 0.0602. The molecule has 0 fully saturated rings. The number of rotatable bonds is 3. The molecule has 0 radical (unpaired) electrons. The molecule has 158 valence electrons. The Morgan fingerprint density at radius 3 is 2.81 bits per heavy atom. The molecule has 1 amide bonds. The number of imidazole rings is 1. The fourth-order valence-electron chi connectivity index (χ4n) is 3.53. The van der Waals surface area contributed by atoms with E-state index >= 15 is 0 Å². The summed E-state index contributed by atoms with van der Waals surface area (Å²) in [6.45, 7) is 0.508. The molecule has 4 aromatic rings. The molecule has 0 aliphatic carbocycles. The summed E-state index contributed by atoms with van der Waals surface area (Å²) < 4.78 is 47.7. The van der Waals surface area contributed by atoms with Crippen LogP contribution in [-0.2, 0) is 6.18 Å². The van der Waals surface area contributed by atoms with Crippen LogP contribution in [0.15, 0.2) is 53.5 Å². The molecule has 4 aromatic heterocycles. The minimum atomic E-state index is -4.70. The van der Waals surface area contributed by atoms with Crippen LogP contribution in [0, 0.1) is 0 Å². The topological polar surface area (TPSA) is 79.4 Å². The van der Waals surface area contributed by atoms with E-state index < -0.39 is 23.3 Å². The van der Waals surface area contributed by atoms with Crippen LogP contribution < -0.4 is 0 Å². The third-order valence-electron chi connectivity index (χ3n) is 5.05. The first-order chi connectivity index (χ1) is 14.8. The third-order valence-corrected chi connectivity index (χ3v) is 5.41. The number of nitrogens with zero attached hydrogens (tertiary/aromatic N) is 4. The fourth-order valence-corrected chi connectivity index (χ4v) is 3.78. The standard InChI is InChI=1S/C20H13ClF3N5O2/c21-17-16(19(30)28-4-3-11(9-28)15-2-1-5-31-15)27-18-14(20(22,23)24)6-12(10-29(17)18)13-7-25-26-8-13/h1-3,5-8,10H,4,9H2,(H,25,26). The molecule has 0 saturated carbocycles. The van der Waals surface area contributed by atoms with Gasteiger partial charge in [0, 0.05) is 42.2 Å². The Balaban J connectivity index is 1.56. The number of fused-ring (bicyclic) bond motifs is 1. The van der Waals surface area contributed by atoms with Crippen LogP contribution in [0.5, 0.6) is 0 Å². The third kappa shape index (κ3) is 3.28. The summed E-state index contributed by atoms with van der Waals surface area (Å²) in [6, 6.07) is 4.46. The second kappa shape index (κ2) is 7.02. The van der Waals surface area contributed by atoms with E-state index in [0.29, 0.717) is 11.3 Å². The van der Waals surface area contributed by atoms with Crippen molar-refractivity contribution >= 4 is 28.7 Å². The molecule has 1 aliphatic rings. The summed E-state index contributed by atoms with van der Waals surface area (Å²) in [7, 11) is 0. The number of amides is 1. The molecule has 1 aliphatic heterocycles. The van der Waals surface area contributed by atoms with E-state index in [9.17, 15) is 18.0 Å². The average molecular weight is 448 g/mol. The van der Waals surface area contributed by atoms with Crippen LogP contribution in [-0.4, -0.2) is 43.5 Å². The summed E-state index contributed by atoms with van der Waals surface area (Å²) in [5, 5.41) is 6.14. The number of carbonyl (C=O) groups excluding carboxylic acids is 1. The molecule has 7 nitrogen and oxygen atoms in total. The molecule has 0 atom stereocenters. The Hall–Kier alpha value is -3.53. The van der Waals surface area contributed by atoms with Crippen molar-refractivity contribution in [2.24, 2.45) is 0 Å². The van der Waals surface area contributed by atoms with E-state index in [2.05, 4.69) is 15.2 Å². The molecule has 31 heavy (non-hydrogen) atoms. The van der Waals surface area contributed by atoms with E-state index in [-0.39, 0.29) is 29.5 Å². The van der Waals surface area contributed by atoms with Gasteiger partial charge in [-0.3, -0.25) is 14.3 Å². The Morgan fingerprint density at radius 2 is 2.13 bits per heavy atom. The molecule has 11 heteroatoms. The number of halogens is 4. The maximum atomic E-state index is 13.8. The molecule has 0 bridgehead atoms. The van der Waals surface area contributed by atoms with Crippen molar-refractivity contribution in [2.75, 3.05) is 13.1 Å². The van der Waals surface area contributed by atoms with E-state index in [1.54, 1.807) is 12.1 Å². The molecule has 5 rings (SSSR count). The van der Waals surface area contributed by atoms with Crippen molar-refractivity contribution < 1.29 is 22.4 Å². The zero-order valence-electron chi connectivity index (χ0n) is 15.7. The highest BCUT2D eigenvalue weighted by Crippen LogP contribution is 2.37. The van der Waals surface area contributed by atoms with Crippen molar-refractivity contribution in [3.05, 3.63) is 71.3 Å². The van der Waals surface area contributed by atoms with Crippen LogP contribution in [0.3, 0.4) is 0 Å². The Labute approximate surface area is 177 Å². The summed E-state index contributed by atoms with van der Waals surface area (Å²) in [5.41, 5.74) is -0.205. The first kappa shape index (κ1) is 19.4. The van der Waals surface area contributed by atoms with Gasteiger partial charge in [-0.05, 0) is 18.2 Å². The number of carbonyl (C=O) groups is 1. The normalized spacial score (nSPS) is 14.5. The quantitative estimate of drug-likeness (QED) is 0.500. The maximum absolute atomic E-state index is 13.8. The molecule has 1 N–H and O–H groups in total. The van der Waals surface area contributed by atoms with Crippen molar-refractivity contribution in [3.8, 4) is 11.1 Å². The lowest BCUT2D eigenvalue weighted by molar-refractivity contribution is -0.136. The maximum Gasteiger partial charge on any atom is 0.420 e. The number of pyridine rings is 1.